The summed E-state index contributed by atoms with van der Waals surface area (Å²) in [7, 11) is -1.50. The van der Waals surface area contributed by atoms with E-state index in [9.17, 15) is 0 Å². The Balaban J connectivity index is 0. The average Bonchev–Trinajstić information content (AvgIpc) is 2.30. The molecule has 0 aliphatic carbocycles. The van der Waals surface area contributed by atoms with Crippen molar-refractivity contribution in [3.8, 4) is 0 Å². The third-order valence-electron chi connectivity index (χ3n) is 1.35. The minimum absolute atomic E-state index is 0.394. The standard InChI is InChI=1S/C8H20O5P2S2.H3O2P/c1-5-9-14(16,10-6-2)13-15(17,11-7-3)12-8-4;1-3-2/h5-8H2,1-4H3;3H2,(H,1,2). The molecule has 20 heavy (non-hydrogen) atoms. The summed E-state index contributed by atoms with van der Waals surface area (Å²) < 4.78 is 35.5. The first-order valence-electron chi connectivity index (χ1n) is 5.94. The molecule has 0 saturated heterocycles. The fraction of sp³-hybridized carbons (Fsp3) is 1.00. The summed E-state index contributed by atoms with van der Waals surface area (Å²) in [6.07, 6.45) is 0. The number of hydrogen-bond acceptors (Lipinski definition) is 8. The first-order valence-corrected chi connectivity index (χ1v) is 12.0. The van der Waals surface area contributed by atoms with Crippen LogP contribution in [0.15, 0.2) is 0 Å². The average molecular weight is 388 g/mol. The Bertz CT molecular complexity index is 294. The zero-order valence-electron chi connectivity index (χ0n) is 12.0. The summed E-state index contributed by atoms with van der Waals surface area (Å²) in [4.78, 5) is 7.10. The predicted octanol–water partition coefficient (Wildman–Crippen LogP) is 3.25. The van der Waals surface area contributed by atoms with E-state index in [0.717, 1.165) is 0 Å². The van der Waals surface area contributed by atoms with Crippen LogP contribution < -0.4 is 0 Å². The maximum absolute atomic E-state index is 8.57. The molecular formula is C8H23O7P3S2. The summed E-state index contributed by atoms with van der Waals surface area (Å²) in [5.41, 5.74) is 0. The highest BCUT2D eigenvalue weighted by molar-refractivity contribution is 8.14. The quantitative estimate of drug-likeness (QED) is 0.567. The zero-order valence-corrected chi connectivity index (χ0v) is 16.6. The topological polar surface area (TPSA) is 83.5 Å². The van der Waals surface area contributed by atoms with E-state index in [1.165, 1.54) is 0 Å². The lowest BCUT2D eigenvalue weighted by Gasteiger charge is -2.27. The molecule has 1 N–H and O–H groups in total. The SMILES string of the molecule is CCOP(=S)(OCC)OP(=S)(OCC)OCC.O=[PH2]O. The van der Waals surface area contributed by atoms with Gasteiger partial charge in [-0.05, 0) is 51.3 Å². The van der Waals surface area contributed by atoms with Crippen LogP contribution in [0.1, 0.15) is 27.7 Å². The van der Waals surface area contributed by atoms with Gasteiger partial charge in [0, 0.05) is 0 Å². The molecule has 0 saturated carbocycles. The van der Waals surface area contributed by atoms with Crippen LogP contribution >= 0.6 is 22.1 Å². The van der Waals surface area contributed by atoms with Gasteiger partial charge in [0.2, 0.25) is 0 Å². The molecule has 0 aromatic heterocycles. The van der Waals surface area contributed by atoms with E-state index in [-0.39, 0.29) is 0 Å². The molecule has 0 heterocycles. The molecule has 12 heteroatoms. The minimum atomic E-state index is -2.87. The van der Waals surface area contributed by atoms with Gasteiger partial charge in [0.15, 0.2) is 8.69 Å². The van der Waals surface area contributed by atoms with Gasteiger partial charge in [0.1, 0.15) is 0 Å². The van der Waals surface area contributed by atoms with Crippen LogP contribution in [0.25, 0.3) is 0 Å². The Labute approximate surface area is 132 Å². The van der Waals surface area contributed by atoms with Crippen LogP contribution in [0.4, 0.5) is 0 Å². The summed E-state index contributed by atoms with van der Waals surface area (Å²) in [6, 6.07) is 0. The monoisotopic (exact) mass is 388 g/mol. The molecule has 0 aromatic rings. The highest BCUT2D eigenvalue weighted by Crippen LogP contribution is 2.66. The molecule has 1 atom stereocenters. The second-order valence-corrected chi connectivity index (χ2v) is 9.12. The second-order valence-electron chi connectivity index (χ2n) is 2.75. The van der Waals surface area contributed by atoms with Crippen LogP contribution in [0, 0.1) is 0 Å². The molecule has 0 fully saturated rings. The Kier molecular flexibility index (Phi) is 16.4. The lowest BCUT2D eigenvalue weighted by Crippen LogP contribution is -2.03. The van der Waals surface area contributed by atoms with Gasteiger partial charge in [-0.2, -0.15) is 0 Å². The van der Waals surface area contributed by atoms with E-state index in [4.69, 9.17) is 55.5 Å². The molecule has 0 rings (SSSR count). The van der Waals surface area contributed by atoms with E-state index in [0.29, 0.717) is 26.4 Å². The van der Waals surface area contributed by atoms with Gasteiger partial charge in [-0.1, -0.05) is 0 Å². The fourth-order valence-corrected chi connectivity index (χ4v) is 7.30. The smallest absolute Gasteiger partial charge is 0.334 e. The molecule has 0 spiro atoms. The molecule has 7 nitrogen and oxygen atoms in total. The van der Waals surface area contributed by atoms with Crippen LogP contribution in [0.5, 0.6) is 0 Å². The Morgan fingerprint density at radius 1 is 0.850 bits per heavy atom. The summed E-state index contributed by atoms with van der Waals surface area (Å²) in [6.45, 7) is 3.09. The highest BCUT2D eigenvalue weighted by Gasteiger charge is 2.31. The van der Waals surface area contributed by atoms with Crippen molar-refractivity contribution in [2.24, 2.45) is 0 Å². The Hall–Kier alpha value is 1.29. The van der Waals surface area contributed by atoms with E-state index >= 15 is 0 Å². The molecule has 0 bridgehead atoms. The molecule has 0 aromatic carbocycles. The van der Waals surface area contributed by atoms with Crippen LogP contribution in [-0.2, 0) is 50.6 Å². The van der Waals surface area contributed by atoms with Crippen molar-refractivity contribution < 1.29 is 31.9 Å². The first-order chi connectivity index (χ1) is 9.36. The van der Waals surface area contributed by atoms with E-state index in [1.54, 1.807) is 0 Å². The van der Waals surface area contributed by atoms with E-state index in [2.05, 4.69) is 0 Å². The largest absolute Gasteiger partial charge is 0.348 e. The van der Waals surface area contributed by atoms with Crippen molar-refractivity contribution in [3.05, 3.63) is 0 Å². The van der Waals surface area contributed by atoms with Gasteiger partial charge in [-0.25, -0.2) is 4.31 Å². The van der Waals surface area contributed by atoms with Crippen molar-refractivity contribution in [1.82, 2.24) is 0 Å². The van der Waals surface area contributed by atoms with Crippen molar-refractivity contribution in [1.29, 1.82) is 0 Å². The third-order valence-corrected chi connectivity index (χ3v) is 7.71. The van der Waals surface area contributed by atoms with E-state index in [1.807, 2.05) is 27.7 Å². The maximum Gasteiger partial charge on any atom is 0.334 e. The second kappa shape index (κ2) is 13.9. The first kappa shape index (κ1) is 23.6. The van der Waals surface area contributed by atoms with Gasteiger partial charge >= 0.3 is 13.4 Å². The molecule has 124 valence electrons. The molecule has 0 aliphatic rings. The Morgan fingerprint density at radius 3 is 1.20 bits per heavy atom. The molecular weight excluding hydrogens is 365 g/mol. The van der Waals surface area contributed by atoms with Gasteiger partial charge in [-0.3, -0.25) is 4.57 Å². The molecule has 0 radical (unpaired) electrons. The predicted molar refractivity (Wildman–Crippen MR) is 88.8 cm³/mol. The van der Waals surface area contributed by atoms with Crippen LogP contribution in [0.3, 0.4) is 0 Å². The van der Waals surface area contributed by atoms with Crippen molar-refractivity contribution >= 4 is 45.7 Å². The molecule has 0 aliphatic heterocycles. The summed E-state index contributed by atoms with van der Waals surface area (Å²) in [5.74, 6) is 0. The van der Waals surface area contributed by atoms with Crippen molar-refractivity contribution in [2.45, 2.75) is 27.7 Å². The number of hydrogen-bond donors (Lipinski definition) is 1. The minimum Gasteiger partial charge on any atom is -0.348 e. The van der Waals surface area contributed by atoms with Crippen molar-refractivity contribution in [2.75, 3.05) is 26.4 Å². The van der Waals surface area contributed by atoms with Crippen LogP contribution in [0.2, 0.25) is 0 Å². The Morgan fingerprint density at radius 2 is 1.05 bits per heavy atom. The van der Waals surface area contributed by atoms with E-state index < -0.39 is 22.1 Å². The fourth-order valence-electron chi connectivity index (χ4n) is 0.924. The van der Waals surface area contributed by atoms with Crippen molar-refractivity contribution in [3.63, 3.8) is 0 Å². The third kappa shape index (κ3) is 11.9. The zero-order chi connectivity index (χ0) is 16.1. The van der Waals surface area contributed by atoms with Gasteiger partial charge in [0.25, 0.3) is 0 Å². The van der Waals surface area contributed by atoms with Gasteiger partial charge < -0.3 is 23.0 Å². The molecule has 1 unspecified atom stereocenters. The summed E-state index contributed by atoms with van der Waals surface area (Å²) in [5, 5.41) is 0. The summed E-state index contributed by atoms with van der Waals surface area (Å²) >= 11 is 10.4. The lowest BCUT2D eigenvalue weighted by molar-refractivity contribution is 0.176. The van der Waals surface area contributed by atoms with Gasteiger partial charge in [-0.15, -0.1) is 0 Å². The highest BCUT2D eigenvalue weighted by atomic mass is 32.5. The maximum atomic E-state index is 8.57. The molecule has 0 amide bonds. The lowest BCUT2D eigenvalue weighted by atomic mass is 10.9. The number of rotatable bonds is 10. The van der Waals surface area contributed by atoms with Gasteiger partial charge in [0.05, 0.1) is 26.4 Å². The van der Waals surface area contributed by atoms with Crippen LogP contribution in [-0.4, -0.2) is 31.3 Å². The normalized spacial score (nSPS) is 12.4.